The standard InChI is InChI=1S/C16H14F4N4O2.ClH/c17-11-5-9(1-2-10(11)13-7-21-3-4-26-13)24-15(25)12-6-23-14(8-22-12)16(18,19)20;/h1-2,5-6,8,13,21H,3-4,7H2,(H,24,25);1H/t13-;/m0./s1. The summed E-state index contributed by atoms with van der Waals surface area (Å²) < 4.78 is 57.1. The summed E-state index contributed by atoms with van der Waals surface area (Å²) in [4.78, 5) is 18.6. The Morgan fingerprint density at radius 3 is 2.59 bits per heavy atom. The van der Waals surface area contributed by atoms with Crippen molar-refractivity contribution in [1.29, 1.82) is 0 Å². The summed E-state index contributed by atoms with van der Waals surface area (Å²) in [6.45, 7) is 1.64. The third-order valence-corrected chi connectivity index (χ3v) is 3.71. The summed E-state index contributed by atoms with van der Waals surface area (Å²) in [7, 11) is 0. The second kappa shape index (κ2) is 8.59. The molecule has 0 unspecified atom stereocenters. The van der Waals surface area contributed by atoms with Gasteiger partial charge in [-0.05, 0) is 12.1 Å². The number of nitrogens with zero attached hydrogens (tertiary/aromatic N) is 2. The van der Waals surface area contributed by atoms with Gasteiger partial charge in [-0.15, -0.1) is 12.4 Å². The molecule has 1 fully saturated rings. The molecule has 2 heterocycles. The van der Waals surface area contributed by atoms with E-state index in [1.807, 2.05) is 0 Å². The summed E-state index contributed by atoms with van der Waals surface area (Å²) in [6.07, 6.45) is -3.89. The molecule has 27 heavy (non-hydrogen) atoms. The summed E-state index contributed by atoms with van der Waals surface area (Å²) in [5, 5.41) is 5.46. The van der Waals surface area contributed by atoms with E-state index in [-0.39, 0.29) is 23.8 Å². The van der Waals surface area contributed by atoms with Crippen LogP contribution in [-0.2, 0) is 10.9 Å². The molecule has 0 spiro atoms. The van der Waals surface area contributed by atoms with Crippen molar-refractivity contribution in [2.45, 2.75) is 12.3 Å². The maximum absolute atomic E-state index is 14.3. The largest absolute Gasteiger partial charge is 0.434 e. The molecule has 0 saturated carbocycles. The normalized spacial score (nSPS) is 17.1. The zero-order valence-electron chi connectivity index (χ0n) is 13.7. The highest BCUT2D eigenvalue weighted by atomic mass is 35.5. The van der Waals surface area contributed by atoms with Crippen LogP contribution in [0.3, 0.4) is 0 Å². The van der Waals surface area contributed by atoms with E-state index in [0.717, 1.165) is 6.07 Å². The van der Waals surface area contributed by atoms with Crippen molar-refractivity contribution in [3.05, 3.63) is 53.4 Å². The van der Waals surface area contributed by atoms with Gasteiger partial charge in [-0.1, -0.05) is 6.07 Å². The van der Waals surface area contributed by atoms with Crippen LogP contribution in [0.1, 0.15) is 27.8 Å². The molecule has 146 valence electrons. The van der Waals surface area contributed by atoms with Gasteiger partial charge in [0.1, 0.15) is 11.5 Å². The van der Waals surface area contributed by atoms with Crippen molar-refractivity contribution in [1.82, 2.24) is 15.3 Å². The van der Waals surface area contributed by atoms with Crippen molar-refractivity contribution >= 4 is 24.0 Å². The van der Waals surface area contributed by atoms with E-state index >= 15 is 0 Å². The smallest absolute Gasteiger partial charge is 0.371 e. The first-order chi connectivity index (χ1) is 12.3. The number of carbonyl (C=O) groups excluding carboxylic acids is 1. The van der Waals surface area contributed by atoms with E-state index in [1.165, 1.54) is 12.1 Å². The number of benzene rings is 1. The minimum Gasteiger partial charge on any atom is -0.371 e. The summed E-state index contributed by atoms with van der Waals surface area (Å²) in [5.74, 6) is -1.36. The van der Waals surface area contributed by atoms with Gasteiger partial charge in [0.15, 0.2) is 5.69 Å². The van der Waals surface area contributed by atoms with Gasteiger partial charge in [0.25, 0.3) is 5.91 Å². The Bertz CT molecular complexity index is 796. The Balaban J connectivity index is 0.00000261. The van der Waals surface area contributed by atoms with Crippen LogP contribution in [0, 0.1) is 5.82 Å². The number of hydrogen-bond acceptors (Lipinski definition) is 5. The first kappa shape index (κ1) is 21.0. The molecule has 1 aliphatic heterocycles. The van der Waals surface area contributed by atoms with Gasteiger partial charge >= 0.3 is 6.18 Å². The Morgan fingerprint density at radius 2 is 2.04 bits per heavy atom. The number of rotatable bonds is 3. The predicted octanol–water partition coefficient (Wildman–Crippen LogP) is 2.97. The Kier molecular flexibility index (Phi) is 6.68. The van der Waals surface area contributed by atoms with Gasteiger partial charge in [-0.25, -0.2) is 14.4 Å². The SMILES string of the molecule is Cl.O=C(Nc1ccc([C@@H]2CNCCO2)c(F)c1)c1cnc(C(F)(F)F)cn1. The second-order valence-electron chi connectivity index (χ2n) is 5.54. The van der Waals surface area contributed by atoms with E-state index in [4.69, 9.17) is 4.74 Å². The summed E-state index contributed by atoms with van der Waals surface area (Å²) in [6, 6.07) is 4.08. The van der Waals surface area contributed by atoms with Gasteiger partial charge < -0.3 is 15.4 Å². The molecule has 2 N–H and O–H groups in total. The van der Waals surface area contributed by atoms with Crippen LogP contribution < -0.4 is 10.6 Å². The molecule has 0 bridgehead atoms. The van der Waals surface area contributed by atoms with Gasteiger partial charge in [0, 0.05) is 24.3 Å². The topological polar surface area (TPSA) is 76.1 Å². The van der Waals surface area contributed by atoms with E-state index in [0.29, 0.717) is 37.7 Å². The highest BCUT2D eigenvalue weighted by Crippen LogP contribution is 2.27. The van der Waals surface area contributed by atoms with Crippen molar-refractivity contribution in [3.63, 3.8) is 0 Å². The first-order valence-electron chi connectivity index (χ1n) is 7.67. The van der Waals surface area contributed by atoms with Crippen molar-refractivity contribution in [2.75, 3.05) is 25.0 Å². The lowest BCUT2D eigenvalue weighted by Crippen LogP contribution is -2.33. The maximum atomic E-state index is 14.3. The van der Waals surface area contributed by atoms with Gasteiger partial charge in [0.2, 0.25) is 0 Å². The number of carbonyl (C=O) groups is 1. The molecule has 6 nitrogen and oxygen atoms in total. The number of amides is 1. The minimum atomic E-state index is -4.64. The Labute approximate surface area is 157 Å². The summed E-state index contributed by atoms with van der Waals surface area (Å²) in [5.41, 5.74) is -1.03. The molecule has 11 heteroatoms. The zero-order chi connectivity index (χ0) is 18.7. The highest BCUT2D eigenvalue weighted by molar-refractivity contribution is 6.02. The number of nitrogens with one attached hydrogen (secondary N) is 2. The Hall–Kier alpha value is -2.30. The molecule has 1 aliphatic rings. The van der Waals surface area contributed by atoms with Crippen LogP contribution in [0.25, 0.3) is 0 Å². The third kappa shape index (κ3) is 5.12. The third-order valence-electron chi connectivity index (χ3n) is 3.71. The van der Waals surface area contributed by atoms with Crippen molar-refractivity contribution < 1.29 is 27.1 Å². The average Bonchev–Trinajstić information content (AvgIpc) is 2.62. The van der Waals surface area contributed by atoms with Crippen LogP contribution in [0.2, 0.25) is 0 Å². The van der Waals surface area contributed by atoms with E-state index < -0.39 is 29.7 Å². The number of anilines is 1. The predicted molar refractivity (Wildman–Crippen MR) is 90.2 cm³/mol. The molecule has 1 aromatic carbocycles. The molecular weight excluding hydrogens is 392 g/mol. The fourth-order valence-electron chi connectivity index (χ4n) is 2.42. The van der Waals surface area contributed by atoms with Crippen LogP contribution >= 0.6 is 12.4 Å². The number of aromatic nitrogens is 2. The van der Waals surface area contributed by atoms with E-state index in [9.17, 15) is 22.4 Å². The van der Waals surface area contributed by atoms with E-state index in [1.54, 1.807) is 0 Å². The lowest BCUT2D eigenvalue weighted by atomic mass is 10.1. The lowest BCUT2D eigenvalue weighted by Gasteiger charge is -2.24. The minimum absolute atomic E-state index is 0. The fourth-order valence-corrected chi connectivity index (χ4v) is 2.42. The van der Waals surface area contributed by atoms with Crippen molar-refractivity contribution in [3.8, 4) is 0 Å². The van der Waals surface area contributed by atoms with E-state index in [2.05, 4.69) is 20.6 Å². The second-order valence-corrected chi connectivity index (χ2v) is 5.54. The number of halogens is 5. The van der Waals surface area contributed by atoms with Crippen LogP contribution in [-0.4, -0.2) is 35.6 Å². The molecule has 0 aliphatic carbocycles. The van der Waals surface area contributed by atoms with Gasteiger partial charge in [0.05, 0.1) is 25.1 Å². The number of alkyl halides is 3. The molecule has 1 saturated heterocycles. The molecule has 1 amide bonds. The highest BCUT2D eigenvalue weighted by Gasteiger charge is 2.33. The quantitative estimate of drug-likeness (QED) is 0.766. The van der Waals surface area contributed by atoms with Crippen LogP contribution in [0.5, 0.6) is 0 Å². The number of hydrogen-bond donors (Lipinski definition) is 2. The number of morpholine rings is 1. The average molecular weight is 407 g/mol. The summed E-state index contributed by atoms with van der Waals surface area (Å²) >= 11 is 0. The van der Waals surface area contributed by atoms with Crippen LogP contribution in [0.15, 0.2) is 30.6 Å². The monoisotopic (exact) mass is 406 g/mol. The maximum Gasteiger partial charge on any atom is 0.434 e. The van der Waals surface area contributed by atoms with Crippen molar-refractivity contribution in [2.24, 2.45) is 0 Å². The van der Waals surface area contributed by atoms with Gasteiger partial charge in [-0.3, -0.25) is 4.79 Å². The Morgan fingerprint density at radius 1 is 1.26 bits per heavy atom. The molecule has 1 aromatic heterocycles. The molecule has 0 radical (unpaired) electrons. The van der Waals surface area contributed by atoms with Gasteiger partial charge in [-0.2, -0.15) is 13.2 Å². The fraction of sp³-hybridized carbons (Fsp3) is 0.312. The zero-order valence-corrected chi connectivity index (χ0v) is 14.5. The lowest BCUT2D eigenvalue weighted by molar-refractivity contribution is -0.141. The molecular formula is C16H15ClF4N4O2. The van der Waals surface area contributed by atoms with Crippen LogP contribution in [0.4, 0.5) is 23.2 Å². The molecule has 1 atom stereocenters. The molecule has 2 aromatic rings. The first-order valence-corrected chi connectivity index (χ1v) is 7.67. The number of ether oxygens (including phenoxy) is 1. The molecule has 3 rings (SSSR count).